The Bertz CT molecular complexity index is 893. The summed E-state index contributed by atoms with van der Waals surface area (Å²) in [5.41, 5.74) is 0. The summed E-state index contributed by atoms with van der Waals surface area (Å²) < 4.78 is 34.7. The third-order valence-electron chi connectivity index (χ3n) is 3.74. The molecule has 0 spiro atoms. The van der Waals surface area contributed by atoms with E-state index in [2.05, 4.69) is 10.4 Å². The zero-order valence-corrected chi connectivity index (χ0v) is 16.8. The smallest absolute Gasteiger partial charge is 0.396 e. The minimum atomic E-state index is -3.29. The summed E-state index contributed by atoms with van der Waals surface area (Å²) >= 11 is 5.50. The normalized spacial score (nSPS) is 18.4. The van der Waals surface area contributed by atoms with Crippen LogP contribution in [0.15, 0.2) is 60.7 Å². The van der Waals surface area contributed by atoms with Gasteiger partial charge < -0.3 is 14.4 Å². The van der Waals surface area contributed by atoms with Gasteiger partial charge in [0.05, 0.1) is 11.5 Å². The first-order valence-corrected chi connectivity index (χ1v) is 12.7. The highest BCUT2D eigenvalue weighted by atomic mass is 32.5. The molecule has 2 aromatic rings. The number of amides is 2. The number of rotatable bonds is 6. The van der Waals surface area contributed by atoms with E-state index in [1.165, 1.54) is 0 Å². The summed E-state index contributed by atoms with van der Waals surface area (Å²) in [5, 5.41) is 5.21. The summed E-state index contributed by atoms with van der Waals surface area (Å²) in [4.78, 5) is 12.4. The molecule has 3 rings (SSSR count). The molecule has 1 saturated heterocycles. The van der Waals surface area contributed by atoms with Crippen LogP contribution in [0.3, 0.4) is 0 Å². The Morgan fingerprint density at radius 1 is 1.00 bits per heavy atom. The van der Waals surface area contributed by atoms with E-state index in [-0.39, 0.29) is 11.5 Å². The van der Waals surface area contributed by atoms with Gasteiger partial charge in [-0.1, -0.05) is 36.4 Å². The molecule has 27 heavy (non-hydrogen) atoms. The van der Waals surface area contributed by atoms with Crippen molar-refractivity contribution in [2.24, 2.45) is 0 Å². The van der Waals surface area contributed by atoms with Crippen LogP contribution in [0.2, 0.25) is 0 Å². The quantitative estimate of drug-likeness (QED) is 0.690. The first kappa shape index (κ1) is 19.7. The third-order valence-corrected chi connectivity index (χ3v) is 7.61. The fourth-order valence-corrected chi connectivity index (χ4v) is 6.23. The lowest BCUT2D eigenvalue weighted by atomic mass is 10.3. The fourth-order valence-electron chi connectivity index (χ4n) is 2.56. The zero-order chi connectivity index (χ0) is 19.3. The van der Waals surface area contributed by atoms with Crippen LogP contribution in [0.25, 0.3) is 0 Å². The molecule has 2 aromatic carbocycles. The number of hydrogen-bond donors (Lipinski definition) is 2. The van der Waals surface area contributed by atoms with Crippen molar-refractivity contribution >= 4 is 34.3 Å². The number of nitrogens with one attached hydrogen (secondary N) is 2. The number of benzene rings is 2. The second kappa shape index (κ2) is 8.29. The van der Waals surface area contributed by atoms with Crippen molar-refractivity contribution in [3.05, 3.63) is 60.7 Å². The molecule has 10 heteroatoms. The molecule has 1 heterocycles. The molecule has 0 radical (unpaired) electrons. The van der Waals surface area contributed by atoms with Gasteiger partial charge in [-0.3, -0.25) is 0 Å². The highest BCUT2D eigenvalue weighted by Gasteiger charge is 2.31. The molecule has 2 amide bonds. The second-order valence-corrected chi connectivity index (χ2v) is 11.2. The Morgan fingerprint density at radius 2 is 1.52 bits per heavy atom. The molecule has 0 aromatic heterocycles. The van der Waals surface area contributed by atoms with E-state index in [0.717, 1.165) is 0 Å². The van der Waals surface area contributed by atoms with Crippen molar-refractivity contribution in [3.8, 4) is 11.5 Å². The zero-order valence-electron chi connectivity index (χ0n) is 14.3. The first-order chi connectivity index (χ1) is 12.8. The molecule has 2 N–H and O–H groups in total. The van der Waals surface area contributed by atoms with Gasteiger partial charge in [-0.05, 0) is 30.7 Å². The van der Waals surface area contributed by atoms with Crippen molar-refractivity contribution in [1.29, 1.82) is 0 Å². The molecule has 1 aliphatic heterocycles. The lowest BCUT2D eigenvalue weighted by Crippen LogP contribution is -2.42. The fraction of sp³-hybridized carbons (Fsp3) is 0.235. The molecule has 1 aliphatic rings. The number of para-hydroxylation sites is 2. The van der Waals surface area contributed by atoms with Crippen LogP contribution in [0.5, 0.6) is 11.5 Å². The number of sulfone groups is 1. The lowest BCUT2D eigenvalue weighted by Gasteiger charge is -2.24. The highest BCUT2D eigenvalue weighted by molar-refractivity contribution is 8.09. The van der Waals surface area contributed by atoms with Crippen LogP contribution in [-0.4, -0.2) is 32.0 Å². The van der Waals surface area contributed by atoms with Crippen molar-refractivity contribution in [2.75, 3.05) is 11.5 Å². The van der Waals surface area contributed by atoms with Gasteiger partial charge in [0.25, 0.3) is 0 Å². The maximum absolute atomic E-state index is 12.4. The molecular formula is C17H19N2O5PS2. The van der Waals surface area contributed by atoms with Crippen LogP contribution in [-0.2, 0) is 21.6 Å². The Hall–Kier alpha value is -2.09. The van der Waals surface area contributed by atoms with E-state index in [1.807, 2.05) is 12.1 Å². The topological polar surface area (TPSA) is 93.7 Å². The van der Waals surface area contributed by atoms with Gasteiger partial charge >= 0.3 is 12.7 Å². The molecule has 0 aliphatic carbocycles. The Kier molecular flexibility index (Phi) is 6.04. The van der Waals surface area contributed by atoms with Gasteiger partial charge in [-0.25, -0.2) is 18.3 Å². The average molecular weight is 426 g/mol. The van der Waals surface area contributed by atoms with E-state index in [9.17, 15) is 13.2 Å². The predicted octanol–water partition coefficient (Wildman–Crippen LogP) is 2.86. The Morgan fingerprint density at radius 3 is 1.96 bits per heavy atom. The summed E-state index contributed by atoms with van der Waals surface area (Å²) in [5.74, 6) is 0.899. The van der Waals surface area contributed by atoms with E-state index < -0.39 is 28.6 Å². The summed E-state index contributed by atoms with van der Waals surface area (Å²) in [6.07, 6.45) is 0.373. The first-order valence-electron chi connectivity index (χ1n) is 8.22. The summed E-state index contributed by atoms with van der Waals surface area (Å²) in [6, 6.07) is 16.5. The van der Waals surface area contributed by atoms with Crippen LogP contribution in [0.4, 0.5) is 4.79 Å². The largest absolute Gasteiger partial charge is 0.420 e. The van der Waals surface area contributed by atoms with Gasteiger partial charge in [0.15, 0.2) is 9.84 Å². The summed E-state index contributed by atoms with van der Waals surface area (Å²) in [6.45, 7) is -3.29. The summed E-state index contributed by atoms with van der Waals surface area (Å²) in [7, 11) is -3.10. The van der Waals surface area contributed by atoms with Gasteiger partial charge in [0.1, 0.15) is 11.5 Å². The predicted molar refractivity (Wildman–Crippen MR) is 107 cm³/mol. The molecular weight excluding hydrogens is 407 g/mol. The van der Waals surface area contributed by atoms with Crippen LogP contribution in [0.1, 0.15) is 6.42 Å². The third kappa shape index (κ3) is 5.95. The standard InChI is InChI=1S/C17H19N2O5PS2/c20-17(18-14-11-12-27(21,22)13-14)19-25(26,23-15-7-3-1-4-8-15)24-16-9-5-2-6-10-16/h1-10,14H,11-13H2,(H2,18,19,20,26)/t14-/m1/s1. The maximum atomic E-state index is 12.4. The molecule has 1 fully saturated rings. The number of urea groups is 1. The van der Waals surface area contributed by atoms with Gasteiger partial charge in [0, 0.05) is 17.8 Å². The van der Waals surface area contributed by atoms with E-state index in [0.29, 0.717) is 17.9 Å². The monoisotopic (exact) mass is 426 g/mol. The molecule has 7 nitrogen and oxygen atoms in total. The number of carbonyl (C=O) groups excluding carboxylic acids is 1. The molecule has 0 saturated carbocycles. The van der Waals surface area contributed by atoms with Crippen molar-refractivity contribution in [3.63, 3.8) is 0 Å². The number of hydrogen-bond acceptors (Lipinski definition) is 6. The highest BCUT2D eigenvalue weighted by Crippen LogP contribution is 2.45. The molecule has 0 unspecified atom stereocenters. The van der Waals surface area contributed by atoms with Crippen LogP contribution in [0, 0.1) is 0 Å². The van der Waals surface area contributed by atoms with Crippen molar-refractivity contribution in [1.82, 2.24) is 10.4 Å². The van der Waals surface area contributed by atoms with Gasteiger partial charge in [-0.15, -0.1) is 0 Å². The van der Waals surface area contributed by atoms with E-state index >= 15 is 0 Å². The van der Waals surface area contributed by atoms with Crippen LogP contribution >= 0.6 is 6.64 Å². The lowest BCUT2D eigenvalue weighted by molar-refractivity contribution is 0.242. The average Bonchev–Trinajstić information content (AvgIpc) is 2.94. The number of carbonyl (C=O) groups is 1. The molecule has 144 valence electrons. The minimum absolute atomic E-state index is 0.0626. The van der Waals surface area contributed by atoms with Gasteiger partial charge in [-0.2, -0.15) is 0 Å². The maximum Gasteiger partial charge on any atom is 0.396 e. The van der Waals surface area contributed by atoms with Gasteiger partial charge in [0.2, 0.25) is 0 Å². The van der Waals surface area contributed by atoms with E-state index in [4.69, 9.17) is 20.9 Å². The van der Waals surface area contributed by atoms with Crippen molar-refractivity contribution in [2.45, 2.75) is 12.5 Å². The van der Waals surface area contributed by atoms with Crippen molar-refractivity contribution < 1.29 is 22.3 Å². The molecule has 0 bridgehead atoms. The van der Waals surface area contributed by atoms with Crippen LogP contribution < -0.4 is 19.5 Å². The Balaban J connectivity index is 1.73. The molecule has 1 atom stereocenters. The van der Waals surface area contributed by atoms with E-state index in [1.54, 1.807) is 48.5 Å². The minimum Gasteiger partial charge on any atom is -0.420 e. The Labute approximate surface area is 163 Å². The SMILES string of the molecule is O=C(N[C@@H]1CCS(=O)(=O)C1)NP(=S)(Oc1ccccc1)Oc1ccccc1. The second-order valence-electron chi connectivity index (χ2n) is 5.99.